The van der Waals surface area contributed by atoms with Gasteiger partial charge in [0, 0.05) is 6.20 Å². The third-order valence-electron chi connectivity index (χ3n) is 0.860. The van der Waals surface area contributed by atoms with Crippen LogP contribution in [0.1, 0.15) is 5.69 Å². The minimum Gasteiger partial charge on any atom is -0.245 e. The Morgan fingerprint density at radius 1 is 1.67 bits per heavy atom. The zero-order chi connectivity index (χ0) is 6.69. The van der Waals surface area contributed by atoms with Crippen LogP contribution in [0, 0.1) is 0 Å². The average molecular weight is 124 g/mol. The second-order valence-electron chi connectivity index (χ2n) is 1.50. The van der Waals surface area contributed by atoms with Gasteiger partial charge in [0.2, 0.25) is 0 Å². The molecule has 0 bridgehead atoms. The van der Waals surface area contributed by atoms with Crippen LogP contribution < -0.4 is 0 Å². The molecule has 0 aromatic carbocycles. The fourth-order valence-corrected chi connectivity index (χ4v) is 0.451. The Morgan fingerprint density at radius 3 is 2.78 bits per heavy atom. The van der Waals surface area contributed by atoms with Gasteiger partial charge in [-0.3, -0.25) is 0 Å². The summed E-state index contributed by atoms with van der Waals surface area (Å²) in [7, 11) is 0. The van der Waals surface area contributed by atoms with Crippen molar-refractivity contribution in [3.8, 4) is 0 Å². The summed E-state index contributed by atoms with van der Waals surface area (Å²) in [4.78, 5) is 7.20. The molecule has 1 rings (SSSR count). The SMILES string of the molecule is C=C(F)c1ccncn1. The predicted molar refractivity (Wildman–Crippen MR) is 32.2 cm³/mol. The van der Waals surface area contributed by atoms with Gasteiger partial charge in [-0.15, -0.1) is 0 Å². The van der Waals surface area contributed by atoms with Crippen LogP contribution in [-0.4, -0.2) is 9.97 Å². The van der Waals surface area contributed by atoms with E-state index in [4.69, 9.17) is 0 Å². The van der Waals surface area contributed by atoms with E-state index in [0.717, 1.165) is 0 Å². The van der Waals surface area contributed by atoms with Crippen LogP contribution in [0.2, 0.25) is 0 Å². The first kappa shape index (κ1) is 5.88. The zero-order valence-corrected chi connectivity index (χ0v) is 4.71. The van der Waals surface area contributed by atoms with Crippen LogP contribution in [-0.2, 0) is 0 Å². The number of aromatic nitrogens is 2. The van der Waals surface area contributed by atoms with E-state index in [1.165, 1.54) is 18.6 Å². The highest BCUT2D eigenvalue weighted by Gasteiger charge is 1.93. The van der Waals surface area contributed by atoms with Crippen LogP contribution in [0.5, 0.6) is 0 Å². The Kier molecular flexibility index (Phi) is 1.53. The summed E-state index contributed by atoms with van der Waals surface area (Å²) < 4.78 is 12.1. The van der Waals surface area contributed by atoms with Gasteiger partial charge in [0.15, 0.2) is 0 Å². The lowest BCUT2D eigenvalue weighted by molar-refractivity contribution is 0.754. The minimum absolute atomic E-state index is 0.241. The largest absolute Gasteiger partial charge is 0.245 e. The van der Waals surface area contributed by atoms with Crippen molar-refractivity contribution < 1.29 is 4.39 Å². The molecular formula is C6H5FN2. The van der Waals surface area contributed by atoms with Crippen LogP contribution in [0.25, 0.3) is 5.83 Å². The van der Waals surface area contributed by atoms with Gasteiger partial charge >= 0.3 is 0 Å². The predicted octanol–water partition coefficient (Wildman–Crippen LogP) is 1.42. The molecule has 0 fully saturated rings. The molecule has 0 unspecified atom stereocenters. The highest BCUT2D eigenvalue weighted by atomic mass is 19.1. The van der Waals surface area contributed by atoms with E-state index in [1.54, 1.807) is 0 Å². The molecule has 9 heavy (non-hydrogen) atoms. The quantitative estimate of drug-likeness (QED) is 0.565. The molecule has 0 aliphatic heterocycles. The van der Waals surface area contributed by atoms with E-state index in [1.807, 2.05) is 0 Å². The average Bonchev–Trinajstić information content (AvgIpc) is 1.90. The molecule has 46 valence electrons. The van der Waals surface area contributed by atoms with Crippen molar-refractivity contribution in [2.45, 2.75) is 0 Å². The third kappa shape index (κ3) is 1.32. The lowest BCUT2D eigenvalue weighted by Gasteiger charge is -1.89. The van der Waals surface area contributed by atoms with Crippen LogP contribution in [0.4, 0.5) is 4.39 Å². The molecule has 1 aromatic heterocycles. The first-order valence-corrected chi connectivity index (χ1v) is 2.41. The molecule has 0 amide bonds. The van der Waals surface area contributed by atoms with Crippen LogP contribution >= 0.6 is 0 Å². The fraction of sp³-hybridized carbons (Fsp3) is 0. The molecule has 0 saturated heterocycles. The third-order valence-corrected chi connectivity index (χ3v) is 0.860. The van der Waals surface area contributed by atoms with Gasteiger partial charge in [-0.05, 0) is 6.07 Å². The first-order valence-electron chi connectivity index (χ1n) is 2.41. The Morgan fingerprint density at radius 2 is 2.44 bits per heavy atom. The highest BCUT2D eigenvalue weighted by Crippen LogP contribution is 2.06. The van der Waals surface area contributed by atoms with Crippen LogP contribution in [0.3, 0.4) is 0 Å². The second-order valence-corrected chi connectivity index (χ2v) is 1.50. The van der Waals surface area contributed by atoms with Gasteiger partial charge in [-0.1, -0.05) is 6.58 Å². The van der Waals surface area contributed by atoms with Gasteiger partial charge in [0.25, 0.3) is 0 Å². The van der Waals surface area contributed by atoms with Crippen molar-refractivity contribution in [1.82, 2.24) is 9.97 Å². The summed E-state index contributed by atoms with van der Waals surface area (Å²) in [5.41, 5.74) is 0.241. The van der Waals surface area contributed by atoms with Gasteiger partial charge in [-0.25, -0.2) is 14.4 Å². The minimum atomic E-state index is -0.530. The molecule has 0 spiro atoms. The molecule has 2 nitrogen and oxygen atoms in total. The smallest absolute Gasteiger partial charge is 0.141 e. The molecule has 1 heterocycles. The standard InChI is InChI=1S/C6H5FN2/c1-5(7)6-2-3-8-4-9-6/h2-4H,1H2. The molecule has 0 aliphatic carbocycles. The number of halogens is 1. The van der Waals surface area contributed by atoms with Gasteiger partial charge in [0.05, 0.1) is 0 Å². The summed E-state index contributed by atoms with van der Waals surface area (Å²) in [6.45, 7) is 3.07. The first-order chi connectivity index (χ1) is 4.30. The van der Waals surface area contributed by atoms with Gasteiger partial charge in [-0.2, -0.15) is 0 Å². The van der Waals surface area contributed by atoms with E-state index < -0.39 is 5.83 Å². The monoisotopic (exact) mass is 124 g/mol. The number of hydrogen-bond donors (Lipinski definition) is 0. The Hall–Kier alpha value is -1.25. The van der Waals surface area contributed by atoms with Crippen molar-refractivity contribution in [3.63, 3.8) is 0 Å². The second kappa shape index (κ2) is 2.35. The molecule has 1 aromatic rings. The van der Waals surface area contributed by atoms with E-state index in [0.29, 0.717) is 0 Å². The molecule has 0 atom stereocenters. The van der Waals surface area contributed by atoms with Crippen molar-refractivity contribution in [2.24, 2.45) is 0 Å². The van der Waals surface area contributed by atoms with Crippen molar-refractivity contribution in [1.29, 1.82) is 0 Å². The van der Waals surface area contributed by atoms with Crippen molar-refractivity contribution >= 4 is 5.83 Å². The highest BCUT2D eigenvalue weighted by molar-refractivity contribution is 5.51. The maximum atomic E-state index is 12.1. The summed E-state index contributed by atoms with van der Waals surface area (Å²) in [5, 5.41) is 0. The Labute approximate surface area is 52.1 Å². The zero-order valence-electron chi connectivity index (χ0n) is 4.71. The maximum absolute atomic E-state index is 12.1. The number of nitrogens with zero attached hydrogens (tertiary/aromatic N) is 2. The van der Waals surface area contributed by atoms with Gasteiger partial charge < -0.3 is 0 Å². The lowest BCUT2D eigenvalue weighted by atomic mass is 10.4. The van der Waals surface area contributed by atoms with Gasteiger partial charge in [0.1, 0.15) is 17.8 Å². The number of rotatable bonds is 1. The molecule has 0 N–H and O–H groups in total. The Bertz CT molecular complexity index is 208. The summed E-state index contributed by atoms with van der Waals surface area (Å²) >= 11 is 0. The molecule has 3 heteroatoms. The van der Waals surface area contributed by atoms with Crippen molar-refractivity contribution in [2.75, 3.05) is 0 Å². The Balaban J connectivity index is 2.98. The lowest BCUT2D eigenvalue weighted by Crippen LogP contribution is -1.82. The topological polar surface area (TPSA) is 25.8 Å². The molecule has 0 saturated carbocycles. The molecule has 0 radical (unpaired) electrons. The summed E-state index contributed by atoms with van der Waals surface area (Å²) in [5.74, 6) is -0.530. The van der Waals surface area contributed by atoms with Crippen molar-refractivity contribution in [3.05, 3.63) is 30.9 Å². The maximum Gasteiger partial charge on any atom is 0.141 e. The summed E-state index contributed by atoms with van der Waals surface area (Å²) in [6.07, 6.45) is 2.74. The van der Waals surface area contributed by atoms with E-state index >= 15 is 0 Å². The molecular weight excluding hydrogens is 119 g/mol. The molecule has 0 aliphatic rings. The van der Waals surface area contributed by atoms with E-state index in [2.05, 4.69) is 16.5 Å². The van der Waals surface area contributed by atoms with E-state index in [-0.39, 0.29) is 5.69 Å². The van der Waals surface area contributed by atoms with E-state index in [9.17, 15) is 4.39 Å². The normalized spacial score (nSPS) is 9.00. The fourth-order valence-electron chi connectivity index (χ4n) is 0.451. The van der Waals surface area contributed by atoms with Crippen LogP contribution in [0.15, 0.2) is 25.2 Å². The summed E-state index contributed by atoms with van der Waals surface area (Å²) in [6, 6.07) is 1.46. The number of hydrogen-bond acceptors (Lipinski definition) is 2.